The van der Waals surface area contributed by atoms with E-state index in [0.717, 1.165) is 12.2 Å². The van der Waals surface area contributed by atoms with Crippen LogP contribution >= 0.6 is 0 Å². The molecule has 4 N–H and O–H groups in total. The Morgan fingerprint density at radius 2 is 2.23 bits per heavy atom. The van der Waals surface area contributed by atoms with Crippen molar-refractivity contribution in [1.82, 2.24) is 0 Å². The number of hydrogen-bond acceptors (Lipinski definition) is 3. The number of para-hydroxylation sites is 1. The quantitative estimate of drug-likeness (QED) is 0.683. The van der Waals surface area contributed by atoms with E-state index in [1.807, 2.05) is 18.2 Å². The molecule has 0 aromatic heterocycles. The summed E-state index contributed by atoms with van der Waals surface area (Å²) in [6.45, 7) is 0.471. The zero-order valence-electron chi connectivity index (χ0n) is 7.44. The molecular weight excluding hydrogens is 164 g/mol. The summed E-state index contributed by atoms with van der Waals surface area (Å²) in [6, 6.07) is 7.96. The first kappa shape index (κ1) is 8.53. The Morgan fingerprint density at radius 3 is 2.92 bits per heavy atom. The zero-order chi connectivity index (χ0) is 9.26. The first-order valence-electron chi connectivity index (χ1n) is 4.51. The molecular formula is C10H14N2O. The topological polar surface area (TPSA) is 61.3 Å². The molecule has 2 unspecified atom stereocenters. The second-order valence-corrected chi connectivity index (χ2v) is 3.37. The molecule has 1 heterocycles. The number of rotatable bonds is 2. The van der Waals surface area contributed by atoms with E-state index in [9.17, 15) is 0 Å². The summed E-state index contributed by atoms with van der Waals surface area (Å²) < 4.78 is 5.65. The van der Waals surface area contributed by atoms with Crippen LogP contribution in [0.3, 0.4) is 0 Å². The smallest absolute Gasteiger partial charge is 0.123 e. The average Bonchev–Trinajstić information content (AvgIpc) is 2.59. The summed E-state index contributed by atoms with van der Waals surface area (Å²) in [7, 11) is 0. The Morgan fingerprint density at radius 1 is 1.46 bits per heavy atom. The van der Waals surface area contributed by atoms with Crippen LogP contribution in [0.5, 0.6) is 5.75 Å². The highest BCUT2D eigenvalue weighted by atomic mass is 16.5. The third-order valence-corrected chi connectivity index (χ3v) is 2.42. The maximum atomic E-state index is 5.81. The minimum absolute atomic E-state index is 0.0578. The van der Waals surface area contributed by atoms with Crippen LogP contribution in [0, 0.1) is 0 Å². The van der Waals surface area contributed by atoms with E-state index in [-0.39, 0.29) is 12.1 Å². The van der Waals surface area contributed by atoms with Crippen molar-refractivity contribution in [3.63, 3.8) is 0 Å². The lowest BCUT2D eigenvalue weighted by atomic mass is 10.1. The summed E-state index contributed by atoms with van der Waals surface area (Å²) in [4.78, 5) is 0. The van der Waals surface area contributed by atoms with Gasteiger partial charge in [-0.05, 0) is 11.6 Å². The molecule has 1 aromatic rings. The van der Waals surface area contributed by atoms with Crippen molar-refractivity contribution in [2.24, 2.45) is 11.5 Å². The van der Waals surface area contributed by atoms with E-state index in [1.165, 1.54) is 5.56 Å². The summed E-state index contributed by atoms with van der Waals surface area (Å²) in [6.07, 6.45) is 0.941. The van der Waals surface area contributed by atoms with Crippen LogP contribution in [0.2, 0.25) is 0 Å². The van der Waals surface area contributed by atoms with Gasteiger partial charge in [-0.2, -0.15) is 0 Å². The molecule has 3 nitrogen and oxygen atoms in total. The predicted molar refractivity (Wildman–Crippen MR) is 51.6 cm³/mol. The van der Waals surface area contributed by atoms with Crippen molar-refractivity contribution >= 4 is 0 Å². The van der Waals surface area contributed by atoms with Crippen molar-refractivity contribution < 1.29 is 4.74 Å². The SMILES string of the molecule is NCC(N)C1Cc2ccccc2O1. The highest BCUT2D eigenvalue weighted by molar-refractivity contribution is 5.37. The summed E-state index contributed by atoms with van der Waals surface area (Å²) >= 11 is 0. The van der Waals surface area contributed by atoms with Gasteiger partial charge in [0.25, 0.3) is 0 Å². The minimum Gasteiger partial charge on any atom is -0.488 e. The van der Waals surface area contributed by atoms with E-state index >= 15 is 0 Å². The molecule has 1 aliphatic rings. The van der Waals surface area contributed by atoms with E-state index in [4.69, 9.17) is 16.2 Å². The molecule has 0 aliphatic carbocycles. The standard InChI is InChI=1S/C10H14N2O/c11-6-8(12)10-5-7-3-1-2-4-9(7)13-10/h1-4,8,10H,5-6,11-12H2. The van der Waals surface area contributed by atoms with E-state index in [1.54, 1.807) is 0 Å². The Labute approximate surface area is 77.7 Å². The van der Waals surface area contributed by atoms with Gasteiger partial charge in [0.1, 0.15) is 11.9 Å². The van der Waals surface area contributed by atoms with Crippen LogP contribution < -0.4 is 16.2 Å². The normalized spacial score (nSPS) is 22.2. The van der Waals surface area contributed by atoms with E-state index in [0.29, 0.717) is 6.54 Å². The lowest BCUT2D eigenvalue weighted by Gasteiger charge is -2.16. The maximum Gasteiger partial charge on any atom is 0.123 e. The Hall–Kier alpha value is -1.06. The second kappa shape index (κ2) is 3.36. The fourth-order valence-electron chi connectivity index (χ4n) is 1.60. The van der Waals surface area contributed by atoms with Gasteiger partial charge in [0, 0.05) is 13.0 Å². The summed E-state index contributed by atoms with van der Waals surface area (Å²) in [5, 5.41) is 0. The van der Waals surface area contributed by atoms with Crippen molar-refractivity contribution in [3.05, 3.63) is 29.8 Å². The van der Waals surface area contributed by atoms with Crippen LogP contribution in [0.4, 0.5) is 0 Å². The molecule has 0 spiro atoms. The highest BCUT2D eigenvalue weighted by Gasteiger charge is 2.26. The van der Waals surface area contributed by atoms with Gasteiger partial charge in [-0.1, -0.05) is 18.2 Å². The van der Waals surface area contributed by atoms with Gasteiger partial charge < -0.3 is 16.2 Å². The fraction of sp³-hybridized carbons (Fsp3) is 0.400. The van der Waals surface area contributed by atoms with Crippen LogP contribution in [-0.4, -0.2) is 18.7 Å². The van der Waals surface area contributed by atoms with Gasteiger partial charge >= 0.3 is 0 Å². The first-order valence-corrected chi connectivity index (χ1v) is 4.51. The zero-order valence-corrected chi connectivity index (χ0v) is 7.44. The lowest BCUT2D eigenvalue weighted by Crippen LogP contribution is -2.43. The van der Waals surface area contributed by atoms with Gasteiger partial charge in [0.2, 0.25) is 0 Å². The van der Waals surface area contributed by atoms with Crippen LogP contribution in [0.1, 0.15) is 5.56 Å². The van der Waals surface area contributed by atoms with Crippen molar-refractivity contribution in [3.8, 4) is 5.75 Å². The molecule has 2 rings (SSSR count). The molecule has 70 valence electrons. The summed E-state index contributed by atoms with van der Waals surface area (Å²) in [5.41, 5.74) is 12.5. The fourth-order valence-corrected chi connectivity index (χ4v) is 1.60. The molecule has 0 saturated carbocycles. The van der Waals surface area contributed by atoms with Crippen LogP contribution in [0.25, 0.3) is 0 Å². The molecule has 1 aromatic carbocycles. The van der Waals surface area contributed by atoms with Gasteiger partial charge in [-0.25, -0.2) is 0 Å². The number of fused-ring (bicyclic) bond motifs is 1. The number of benzene rings is 1. The third kappa shape index (κ3) is 1.53. The van der Waals surface area contributed by atoms with Crippen molar-refractivity contribution in [2.75, 3.05) is 6.54 Å². The molecule has 3 heteroatoms. The average molecular weight is 178 g/mol. The van der Waals surface area contributed by atoms with Crippen LogP contribution in [0.15, 0.2) is 24.3 Å². The Kier molecular flexibility index (Phi) is 2.20. The molecule has 13 heavy (non-hydrogen) atoms. The maximum absolute atomic E-state index is 5.81. The number of ether oxygens (including phenoxy) is 1. The minimum atomic E-state index is -0.0626. The first-order chi connectivity index (χ1) is 6.31. The summed E-state index contributed by atoms with van der Waals surface area (Å²) in [5.74, 6) is 0.955. The predicted octanol–water partition coefficient (Wildman–Crippen LogP) is 0.276. The van der Waals surface area contributed by atoms with Crippen LogP contribution in [-0.2, 0) is 6.42 Å². The molecule has 0 fully saturated rings. The van der Waals surface area contributed by atoms with Gasteiger partial charge in [-0.3, -0.25) is 0 Å². The van der Waals surface area contributed by atoms with Crippen molar-refractivity contribution in [2.45, 2.75) is 18.6 Å². The molecule has 0 bridgehead atoms. The van der Waals surface area contributed by atoms with Gasteiger partial charge in [0.15, 0.2) is 0 Å². The number of nitrogens with two attached hydrogens (primary N) is 2. The Bertz CT molecular complexity index is 276. The monoisotopic (exact) mass is 178 g/mol. The largest absolute Gasteiger partial charge is 0.488 e. The van der Waals surface area contributed by atoms with E-state index < -0.39 is 0 Å². The molecule has 0 radical (unpaired) electrons. The van der Waals surface area contributed by atoms with Crippen molar-refractivity contribution in [1.29, 1.82) is 0 Å². The molecule has 1 aliphatic heterocycles. The Balaban J connectivity index is 2.14. The van der Waals surface area contributed by atoms with Gasteiger partial charge in [-0.15, -0.1) is 0 Å². The molecule has 0 amide bonds. The molecule has 2 atom stereocenters. The second-order valence-electron chi connectivity index (χ2n) is 3.37. The number of hydrogen-bond donors (Lipinski definition) is 2. The lowest BCUT2D eigenvalue weighted by molar-refractivity contribution is 0.201. The molecule has 0 saturated heterocycles. The third-order valence-electron chi connectivity index (χ3n) is 2.42. The highest BCUT2D eigenvalue weighted by Crippen LogP contribution is 2.28. The van der Waals surface area contributed by atoms with E-state index in [2.05, 4.69) is 6.07 Å². The van der Waals surface area contributed by atoms with Gasteiger partial charge in [0.05, 0.1) is 6.04 Å².